The summed E-state index contributed by atoms with van der Waals surface area (Å²) in [7, 11) is 0. The average molecular weight is 317 g/mol. The van der Waals surface area contributed by atoms with E-state index in [1.807, 2.05) is 44.2 Å². The fourth-order valence-electron chi connectivity index (χ4n) is 2.30. The third kappa shape index (κ3) is 4.06. The van der Waals surface area contributed by atoms with Gasteiger partial charge < -0.3 is 0 Å². The van der Waals surface area contributed by atoms with Crippen LogP contribution in [0.25, 0.3) is 0 Å². The molecule has 0 spiro atoms. The van der Waals surface area contributed by atoms with E-state index in [1.165, 1.54) is 11.0 Å². The first-order valence-electron chi connectivity index (χ1n) is 7.59. The summed E-state index contributed by atoms with van der Waals surface area (Å²) in [5, 5.41) is 0. The fraction of sp³-hybridized carbons (Fsp3) is 0.444. The Morgan fingerprint density at radius 3 is 2.13 bits per heavy atom. The molecule has 0 fully saturated rings. The van der Waals surface area contributed by atoms with Crippen LogP contribution in [0.1, 0.15) is 40.2 Å². The second kappa shape index (κ2) is 6.26. The molecule has 0 unspecified atom stereocenters. The van der Waals surface area contributed by atoms with Gasteiger partial charge in [0.1, 0.15) is 11.2 Å². The molecule has 1 aromatic rings. The van der Waals surface area contributed by atoms with E-state index in [2.05, 4.69) is 0 Å². The number of nitrogens with zero attached hydrogens (tertiary/aromatic N) is 1. The molecule has 23 heavy (non-hydrogen) atoms. The molecule has 2 amide bonds. The van der Waals surface area contributed by atoms with Crippen LogP contribution >= 0.6 is 0 Å². The van der Waals surface area contributed by atoms with Gasteiger partial charge in [-0.3, -0.25) is 14.5 Å². The molecule has 0 saturated heterocycles. The van der Waals surface area contributed by atoms with Crippen LogP contribution in [0.4, 0.5) is 0 Å². The minimum atomic E-state index is -0.824. The predicted octanol–water partition coefficient (Wildman–Crippen LogP) is 2.96. The third-order valence-corrected chi connectivity index (χ3v) is 3.67. The van der Waals surface area contributed by atoms with E-state index in [9.17, 15) is 9.59 Å². The predicted molar refractivity (Wildman–Crippen MR) is 86.2 cm³/mol. The standard InChI is InChI=1S/C18H23NO4/c1-13-11-15(20)19(16(13)21)12-17(2,3)22-23-18(4,5)14-9-7-6-8-10-14/h6-11H,12H2,1-5H3. The molecule has 0 saturated carbocycles. The van der Waals surface area contributed by atoms with Gasteiger partial charge in [0.05, 0.1) is 6.54 Å². The number of imide groups is 1. The van der Waals surface area contributed by atoms with Crippen LogP contribution in [-0.2, 0) is 25.0 Å². The Morgan fingerprint density at radius 1 is 1.00 bits per heavy atom. The number of amides is 2. The maximum atomic E-state index is 12.0. The van der Waals surface area contributed by atoms with E-state index >= 15 is 0 Å². The highest BCUT2D eigenvalue weighted by Crippen LogP contribution is 2.28. The van der Waals surface area contributed by atoms with Crippen LogP contribution in [0.3, 0.4) is 0 Å². The fourth-order valence-corrected chi connectivity index (χ4v) is 2.30. The number of carbonyl (C=O) groups is 2. The molecular weight excluding hydrogens is 294 g/mol. The monoisotopic (exact) mass is 317 g/mol. The number of hydrogen-bond donors (Lipinski definition) is 0. The first kappa shape index (κ1) is 17.4. The Morgan fingerprint density at radius 2 is 1.61 bits per heavy atom. The van der Waals surface area contributed by atoms with Crippen molar-refractivity contribution < 1.29 is 19.4 Å². The quantitative estimate of drug-likeness (QED) is 0.460. The Bertz CT molecular complexity index is 632. The molecule has 1 aromatic carbocycles. The van der Waals surface area contributed by atoms with Gasteiger partial charge in [-0.1, -0.05) is 30.3 Å². The van der Waals surface area contributed by atoms with Crippen LogP contribution in [-0.4, -0.2) is 28.9 Å². The largest absolute Gasteiger partial charge is 0.272 e. The van der Waals surface area contributed by atoms with E-state index in [-0.39, 0.29) is 18.4 Å². The summed E-state index contributed by atoms with van der Waals surface area (Å²) < 4.78 is 0. The van der Waals surface area contributed by atoms with E-state index < -0.39 is 11.2 Å². The van der Waals surface area contributed by atoms with Crippen molar-refractivity contribution in [3.63, 3.8) is 0 Å². The maximum absolute atomic E-state index is 12.0. The van der Waals surface area contributed by atoms with E-state index in [0.717, 1.165) is 5.56 Å². The molecule has 2 rings (SSSR count). The van der Waals surface area contributed by atoms with Crippen LogP contribution in [0.5, 0.6) is 0 Å². The zero-order valence-corrected chi connectivity index (χ0v) is 14.3. The van der Waals surface area contributed by atoms with Gasteiger partial charge in [-0.15, -0.1) is 0 Å². The Labute approximate surface area is 136 Å². The molecule has 5 heteroatoms. The number of benzene rings is 1. The summed E-state index contributed by atoms with van der Waals surface area (Å²) in [6.45, 7) is 9.11. The van der Waals surface area contributed by atoms with E-state index in [4.69, 9.17) is 9.78 Å². The SMILES string of the molecule is CC1=CC(=O)N(CC(C)(C)OOC(C)(C)c2ccccc2)C1=O. The van der Waals surface area contributed by atoms with E-state index in [1.54, 1.807) is 20.8 Å². The molecule has 1 aliphatic rings. The molecule has 124 valence electrons. The van der Waals surface area contributed by atoms with Crippen LogP contribution in [0.2, 0.25) is 0 Å². The third-order valence-electron chi connectivity index (χ3n) is 3.67. The van der Waals surface area contributed by atoms with Gasteiger partial charge in [0.15, 0.2) is 0 Å². The second-order valence-electron chi connectivity index (χ2n) is 6.86. The summed E-state index contributed by atoms with van der Waals surface area (Å²) in [6, 6.07) is 9.71. The number of carbonyl (C=O) groups excluding carboxylic acids is 2. The van der Waals surface area contributed by atoms with Gasteiger partial charge in [0.2, 0.25) is 0 Å². The van der Waals surface area contributed by atoms with Gasteiger partial charge in [-0.2, -0.15) is 0 Å². The molecule has 0 radical (unpaired) electrons. The lowest BCUT2D eigenvalue weighted by Gasteiger charge is -2.32. The Kier molecular flexibility index (Phi) is 4.73. The van der Waals surface area contributed by atoms with Crippen molar-refractivity contribution in [2.45, 2.75) is 45.8 Å². The first-order chi connectivity index (χ1) is 10.6. The Hall–Kier alpha value is -1.98. The smallest absolute Gasteiger partial charge is 0.256 e. The highest BCUT2D eigenvalue weighted by atomic mass is 17.2. The summed E-state index contributed by atoms with van der Waals surface area (Å²) in [4.78, 5) is 36.2. The maximum Gasteiger partial charge on any atom is 0.256 e. The van der Waals surface area contributed by atoms with Crippen molar-refractivity contribution >= 4 is 11.8 Å². The first-order valence-corrected chi connectivity index (χ1v) is 7.59. The van der Waals surface area contributed by atoms with Crippen molar-refractivity contribution in [1.82, 2.24) is 4.90 Å². The van der Waals surface area contributed by atoms with Crippen LogP contribution < -0.4 is 0 Å². The van der Waals surface area contributed by atoms with Crippen molar-refractivity contribution in [2.75, 3.05) is 6.54 Å². The lowest BCUT2D eigenvalue weighted by atomic mass is 9.99. The van der Waals surface area contributed by atoms with Gasteiger partial charge >= 0.3 is 0 Å². The van der Waals surface area contributed by atoms with Crippen LogP contribution in [0, 0.1) is 0 Å². The van der Waals surface area contributed by atoms with Gasteiger partial charge in [-0.05, 0) is 40.2 Å². The molecule has 0 atom stereocenters. The van der Waals surface area contributed by atoms with Crippen molar-refractivity contribution in [3.8, 4) is 0 Å². The highest BCUT2D eigenvalue weighted by molar-refractivity contribution is 6.15. The number of rotatable bonds is 6. The van der Waals surface area contributed by atoms with Crippen molar-refractivity contribution in [1.29, 1.82) is 0 Å². The molecule has 1 aliphatic heterocycles. The van der Waals surface area contributed by atoms with Gasteiger partial charge in [0.25, 0.3) is 11.8 Å². The zero-order chi connectivity index (χ0) is 17.3. The molecule has 0 aromatic heterocycles. The molecule has 1 heterocycles. The molecule has 5 nitrogen and oxygen atoms in total. The van der Waals surface area contributed by atoms with Crippen molar-refractivity contribution in [3.05, 3.63) is 47.5 Å². The summed E-state index contributed by atoms with van der Waals surface area (Å²) in [5.41, 5.74) is -0.0559. The summed E-state index contributed by atoms with van der Waals surface area (Å²) >= 11 is 0. The minimum Gasteiger partial charge on any atom is -0.272 e. The van der Waals surface area contributed by atoms with Gasteiger partial charge in [-0.25, -0.2) is 9.78 Å². The lowest BCUT2D eigenvalue weighted by Crippen LogP contribution is -2.45. The average Bonchev–Trinajstić information content (AvgIpc) is 2.73. The lowest BCUT2D eigenvalue weighted by molar-refractivity contribution is -0.405. The topological polar surface area (TPSA) is 55.8 Å². The summed E-state index contributed by atoms with van der Waals surface area (Å²) in [5.74, 6) is -0.597. The molecule has 0 bridgehead atoms. The Balaban J connectivity index is 1.99. The van der Waals surface area contributed by atoms with Crippen molar-refractivity contribution in [2.24, 2.45) is 0 Å². The zero-order valence-electron chi connectivity index (χ0n) is 14.3. The van der Waals surface area contributed by atoms with Gasteiger partial charge in [0, 0.05) is 11.6 Å². The summed E-state index contributed by atoms with van der Waals surface area (Å²) in [6.07, 6.45) is 1.34. The normalized spacial score (nSPS) is 16.0. The minimum absolute atomic E-state index is 0.128. The van der Waals surface area contributed by atoms with Crippen LogP contribution in [0.15, 0.2) is 42.0 Å². The highest BCUT2D eigenvalue weighted by Gasteiger charge is 2.36. The number of hydrogen-bond acceptors (Lipinski definition) is 4. The molecule has 0 N–H and O–H groups in total. The molecule has 0 aliphatic carbocycles. The molecular formula is C18H23NO4. The second-order valence-corrected chi connectivity index (χ2v) is 6.86. The van der Waals surface area contributed by atoms with E-state index in [0.29, 0.717) is 5.57 Å².